The van der Waals surface area contributed by atoms with Gasteiger partial charge in [0.15, 0.2) is 12.4 Å². The molecular formula is C34H30BrFN4O4. The zero-order valence-corrected chi connectivity index (χ0v) is 26.2. The van der Waals surface area contributed by atoms with Gasteiger partial charge in [0.25, 0.3) is 11.5 Å². The lowest BCUT2D eigenvalue weighted by molar-refractivity contribution is -0.118. The van der Waals surface area contributed by atoms with E-state index in [9.17, 15) is 14.0 Å². The lowest BCUT2D eigenvalue weighted by Crippen LogP contribution is -2.21. The first kappa shape index (κ1) is 30.6. The molecule has 0 spiro atoms. The fourth-order valence-corrected chi connectivity index (χ4v) is 5.21. The van der Waals surface area contributed by atoms with Crippen molar-refractivity contribution >= 4 is 44.6 Å². The predicted octanol–water partition coefficient (Wildman–Crippen LogP) is 7.31. The van der Waals surface area contributed by atoms with E-state index >= 15 is 0 Å². The number of aromatic nitrogens is 2. The molecule has 1 N–H and O–H groups in total. The van der Waals surface area contributed by atoms with E-state index in [0.29, 0.717) is 32.5 Å². The third-order valence-corrected chi connectivity index (χ3v) is 7.60. The van der Waals surface area contributed by atoms with E-state index in [4.69, 9.17) is 14.5 Å². The lowest BCUT2D eigenvalue weighted by atomic mass is 9.96. The quantitative estimate of drug-likeness (QED) is 0.168. The molecule has 10 heteroatoms. The molecule has 0 saturated heterocycles. The van der Waals surface area contributed by atoms with Crippen LogP contribution in [-0.2, 0) is 4.79 Å². The average molecular weight is 658 g/mol. The maximum atomic E-state index is 13.8. The second-order valence-corrected chi connectivity index (χ2v) is 11.2. The highest BCUT2D eigenvalue weighted by molar-refractivity contribution is 9.10. The molecule has 5 aromatic rings. The van der Waals surface area contributed by atoms with E-state index in [-0.39, 0.29) is 23.8 Å². The van der Waals surface area contributed by atoms with E-state index in [2.05, 4.69) is 40.2 Å². The number of hydrogen-bond acceptors (Lipinski definition) is 6. The largest absolute Gasteiger partial charge is 0.496 e. The Morgan fingerprint density at radius 2 is 1.82 bits per heavy atom. The monoisotopic (exact) mass is 656 g/mol. The van der Waals surface area contributed by atoms with E-state index in [1.54, 1.807) is 55.8 Å². The first-order valence-corrected chi connectivity index (χ1v) is 14.7. The molecule has 1 aromatic heterocycles. The molecule has 0 aliphatic carbocycles. The summed E-state index contributed by atoms with van der Waals surface area (Å²) in [5, 5.41) is 7.52. The van der Waals surface area contributed by atoms with Crippen LogP contribution >= 0.6 is 15.9 Å². The van der Waals surface area contributed by atoms with E-state index in [1.807, 2.05) is 31.2 Å². The van der Waals surface area contributed by atoms with Crippen molar-refractivity contribution in [3.63, 3.8) is 0 Å². The normalized spacial score (nSPS) is 11.3. The minimum absolute atomic E-state index is 0.0785. The number of halogens is 2. The molecule has 44 heavy (non-hydrogen) atoms. The third-order valence-electron chi connectivity index (χ3n) is 6.98. The van der Waals surface area contributed by atoms with Crippen molar-refractivity contribution in [3.8, 4) is 22.9 Å². The van der Waals surface area contributed by atoms with Crippen molar-refractivity contribution in [2.24, 2.45) is 5.10 Å². The first-order valence-electron chi connectivity index (χ1n) is 13.9. The van der Waals surface area contributed by atoms with Crippen LogP contribution in [0, 0.1) is 12.7 Å². The van der Waals surface area contributed by atoms with Crippen LogP contribution in [0.15, 0.2) is 93.2 Å². The number of nitrogens with one attached hydrogen (secondary N) is 1. The van der Waals surface area contributed by atoms with Crippen molar-refractivity contribution in [1.82, 2.24) is 9.66 Å². The van der Waals surface area contributed by atoms with Gasteiger partial charge in [0, 0.05) is 5.56 Å². The molecular weight excluding hydrogens is 627 g/mol. The van der Waals surface area contributed by atoms with E-state index in [1.165, 1.54) is 16.8 Å². The standard InChI is InChI=1S/C34H30BrFN4O4/c1-20(2)24-17-25(21(3)15-31(24)43-4)33-39-28-11-7-5-9-23(28)34(42)40(33)37-18-22-13-14-30(26(35)16-22)44-19-32(41)38-29-12-8-6-10-27(29)36/h5-18,20H,19H2,1-4H3,(H,38,41). The van der Waals surface area contributed by atoms with Crippen molar-refractivity contribution in [1.29, 1.82) is 0 Å². The lowest BCUT2D eigenvalue weighted by Gasteiger charge is -2.17. The molecule has 224 valence electrons. The van der Waals surface area contributed by atoms with Gasteiger partial charge in [-0.2, -0.15) is 9.78 Å². The molecule has 0 saturated carbocycles. The van der Waals surface area contributed by atoms with Crippen LogP contribution < -0.4 is 20.3 Å². The van der Waals surface area contributed by atoms with Crippen LogP contribution in [0.1, 0.15) is 36.5 Å². The van der Waals surface area contributed by atoms with Crippen LogP contribution in [0.2, 0.25) is 0 Å². The molecule has 0 aliphatic rings. The van der Waals surface area contributed by atoms with Gasteiger partial charge < -0.3 is 14.8 Å². The molecule has 0 aliphatic heterocycles. The number of fused-ring (bicyclic) bond motifs is 1. The Hall–Kier alpha value is -4.83. The molecule has 0 radical (unpaired) electrons. The second-order valence-electron chi connectivity index (χ2n) is 10.4. The summed E-state index contributed by atoms with van der Waals surface area (Å²) in [7, 11) is 1.64. The predicted molar refractivity (Wildman–Crippen MR) is 174 cm³/mol. The van der Waals surface area contributed by atoms with Crippen LogP contribution in [-0.4, -0.2) is 35.5 Å². The molecule has 1 heterocycles. The van der Waals surface area contributed by atoms with Crippen LogP contribution in [0.4, 0.5) is 10.1 Å². The van der Waals surface area contributed by atoms with Crippen LogP contribution in [0.3, 0.4) is 0 Å². The van der Waals surface area contributed by atoms with E-state index in [0.717, 1.165) is 22.4 Å². The summed E-state index contributed by atoms with van der Waals surface area (Å²) in [4.78, 5) is 30.9. The second kappa shape index (κ2) is 13.2. The number of carbonyl (C=O) groups excluding carboxylic acids is 1. The Bertz CT molecular complexity index is 1950. The maximum Gasteiger partial charge on any atom is 0.282 e. The smallest absolute Gasteiger partial charge is 0.282 e. The highest BCUT2D eigenvalue weighted by atomic mass is 79.9. The molecule has 0 fully saturated rings. The van der Waals surface area contributed by atoms with Gasteiger partial charge >= 0.3 is 0 Å². The Morgan fingerprint density at radius 3 is 2.55 bits per heavy atom. The maximum absolute atomic E-state index is 13.8. The zero-order valence-electron chi connectivity index (χ0n) is 24.6. The van der Waals surface area contributed by atoms with Crippen LogP contribution in [0.25, 0.3) is 22.3 Å². The summed E-state index contributed by atoms with van der Waals surface area (Å²) in [5.41, 5.74) is 3.67. The Labute approximate surface area is 262 Å². The molecule has 8 nitrogen and oxygen atoms in total. The average Bonchev–Trinajstić information content (AvgIpc) is 3.01. The van der Waals surface area contributed by atoms with Gasteiger partial charge in [0.05, 0.1) is 34.4 Å². The highest BCUT2D eigenvalue weighted by Crippen LogP contribution is 2.34. The fraction of sp³-hybridized carbons (Fsp3) is 0.176. The molecule has 0 atom stereocenters. The Morgan fingerprint density at radius 1 is 1.07 bits per heavy atom. The number of hydrogen-bond donors (Lipinski definition) is 1. The van der Waals surface area contributed by atoms with Crippen LogP contribution in [0.5, 0.6) is 11.5 Å². The third kappa shape index (κ3) is 6.55. The van der Waals surface area contributed by atoms with Gasteiger partial charge in [0.1, 0.15) is 17.3 Å². The Balaban J connectivity index is 1.45. The van der Waals surface area contributed by atoms with E-state index < -0.39 is 11.7 Å². The number of aryl methyl sites for hydroxylation is 1. The highest BCUT2D eigenvalue weighted by Gasteiger charge is 2.18. The molecule has 5 rings (SSSR count). The summed E-state index contributed by atoms with van der Waals surface area (Å²) in [6, 6.07) is 22.2. The summed E-state index contributed by atoms with van der Waals surface area (Å²) in [5.74, 6) is 0.737. The molecule has 0 bridgehead atoms. The molecule has 4 aromatic carbocycles. The van der Waals surface area contributed by atoms with Gasteiger partial charge in [-0.1, -0.05) is 38.1 Å². The molecule has 0 unspecified atom stereocenters. The number of amides is 1. The summed E-state index contributed by atoms with van der Waals surface area (Å²) in [6.07, 6.45) is 1.56. The number of carbonyl (C=O) groups is 1. The summed E-state index contributed by atoms with van der Waals surface area (Å²) < 4.78 is 27.0. The minimum Gasteiger partial charge on any atom is -0.496 e. The van der Waals surface area contributed by atoms with Gasteiger partial charge in [0.2, 0.25) is 0 Å². The summed E-state index contributed by atoms with van der Waals surface area (Å²) >= 11 is 3.47. The fourth-order valence-electron chi connectivity index (χ4n) is 4.70. The number of benzene rings is 4. The minimum atomic E-state index is -0.530. The van der Waals surface area contributed by atoms with Gasteiger partial charge in [-0.05, 0) is 100 Å². The topological polar surface area (TPSA) is 94.8 Å². The first-order chi connectivity index (χ1) is 21.2. The SMILES string of the molecule is COc1cc(C)c(-c2nc3ccccc3c(=O)n2N=Cc2ccc(OCC(=O)Nc3ccccc3F)c(Br)c2)cc1C(C)C. The van der Waals surface area contributed by atoms with Gasteiger partial charge in [-0.3, -0.25) is 9.59 Å². The number of para-hydroxylation sites is 2. The number of rotatable bonds is 9. The van der Waals surface area contributed by atoms with Crippen molar-refractivity contribution in [3.05, 3.63) is 116 Å². The Kier molecular flexibility index (Phi) is 9.20. The van der Waals surface area contributed by atoms with Crippen molar-refractivity contribution < 1.29 is 18.7 Å². The van der Waals surface area contributed by atoms with Gasteiger partial charge in [-0.25, -0.2) is 9.37 Å². The number of ether oxygens (including phenoxy) is 2. The number of anilines is 1. The number of nitrogens with zero attached hydrogens (tertiary/aromatic N) is 3. The summed E-state index contributed by atoms with van der Waals surface area (Å²) in [6.45, 7) is 5.79. The molecule has 1 amide bonds. The van der Waals surface area contributed by atoms with Gasteiger partial charge in [-0.15, -0.1) is 0 Å². The van der Waals surface area contributed by atoms with Crippen molar-refractivity contribution in [2.45, 2.75) is 26.7 Å². The zero-order chi connectivity index (χ0) is 31.4. The number of methoxy groups -OCH3 is 1. The van der Waals surface area contributed by atoms with Crippen molar-refractivity contribution in [2.75, 3.05) is 19.0 Å².